The van der Waals surface area contributed by atoms with E-state index in [9.17, 15) is 0 Å². The minimum absolute atomic E-state index is 0.590. The number of nitrogens with zero attached hydrogens (tertiary/aromatic N) is 3. The van der Waals surface area contributed by atoms with Crippen LogP contribution in [0.5, 0.6) is 0 Å². The van der Waals surface area contributed by atoms with Crippen LogP contribution in [0.15, 0.2) is 36.7 Å². The van der Waals surface area contributed by atoms with Crippen LogP contribution >= 0.6 is 0 Å². The van der Waals surface area contributed by atoms with Crippen LogP contribution in [0, 0.1) is 0 Å². The van der Waals surface area contributed by atoms with Crippen molar-refractivity contribution in [2.75, 3.05) is 18.4 Å². The van der Waals surface area contributed by atoms with Crippen LogP contribution in [0.3, 0.4) is 0 Å². The summed E-state index contributed by atoms with van der Waals surface area (Å²) < 4.78 is 0. The minimum atomic E-state index is 0.590. The van der Waals surface area contributed by atoms with Gasteiger partial charge in [0.15, 0.2) is 5.82 Å². The molecule has 88 valence electrons. The third kappa shape index (κ3) is 3.22. The molecule has 0 aliphatic rings. The smallest absolute Gasteiger partial charge is 0.226 e. The van der Waals surface area contributed by atoms with Gasteiger partial charge < -0.3 is 11.1 Å². The number of rotatable bonds is 5. The van der Waals surface area contributed by atoms with Crippen molar-refractivity contribution in [1.82, 2.24) is 15.0 Å². The number of anilines is 1. The molecule has 1 heterocycles. The van der Waals surface area contributed by atoms with Crippen LogP contribution in [0.25, 0.3) is 11.4 Å². The fraction of sp³-hybridized carbons (Fsp3) is 0.250. The van der Waals surface area contributed by atoms with Gasteiger partial charge in [0.2, 0.25) is 5.95 Å². The second kappa shape index (κ2) is 5.91. The summed E-state index contributed by atoms with van der Waals surface area (Å²) in [6.45, 7) is 1.43. The number of aromatic nitrogens is 3. The Morgan fingerprint density at radius 2 is 1.94 bits per heavy atom. The summed E-state index contributed by atoms with van der Waals surface area (Å²) in [6.07, 6.45) is 2.41. The first-order chi connectivity index (χ1) is 8.40. The van der Waals surface area contributed by atoms with E-state index in [1.165, 1.54) is 6.33 Å². The highest BCUT2D eigenvalue weighted by atomic mass is 15.1. The van der Waals surface area contributed by atoms with E-state index in [0.29, 0.717) is 18.3 Å². The van der Waals surface area contributed by atoms with Crippen molar-refractivity contribution in [2.45, 2.75) is 6.42 Å². The van der Waals surface area contributed by atoms with E-state index < -0.39 is 0 Å². The average Bonchev–Trinajstić information content (AvgIpc) is 2.41. The normalized spacial score (nSPS) is 10.2. The molecule has 0 radical (unpaired) electrons. The summed E-state index contributed by atoms with van der Waals surface area (Å²) in [7, 11) is 0. The molecule has 3 N–H and O–H groups in total. The SMILES string of the molecule is NCCCNc1ncnc(-c2ccccc2)n1. The van der Waals surface area contributed by atoms with Crippen molar-refractivity contribution in [2.24, 2.45) is 5.73 Å². The summed E-state index contributed by atoms with van der Waals surface area (Å²) in [5, 5.41) is 3.11. The number of hydrogen-bond donors (Lipinski definition) is 2. The Hall–Kier alpha value is -2.01. The Kier molecular flexibility index (Phi) is 3.99. The molecule has 0 fully saturated rings. The number of nitrogens with two attached hydrogens (primary N) is 1. The molecule has 5 nitrogen and oxygen atoms in total. The van der Waals surface area contributed by atoms with Crippen molar-refractivity contribution in [3.63, 3.8) is 0 Å². The molecule has 0 saturated heterocycles. The third-order valence-electron chi connectivity index (χ3n) is 2.27. The van der Waals surface area contributed by atoms with Crippen LogP contribution in [-0.2, 0) is 0 Å². The molecule has 5 heteroatoms. The predicted octanol–water partition coefficient (Wildman–Crippen LogP) is 1.30. The molecule has 0 aliphatic heterocycles. The Balaban J connectivity index is 2.12. The molecule has 0 amide bonds. The predicted molar refractivity (Wildman–Crippen MR) is 67.4 cm³/mol. The van der Waals surface area contributed by atoms with E-state index in [2.05, 4.69) is 20.3 Å². The van der Waals surface area contributed by atoms with Gasteiger partial charge >= 0.3 is 0 Å². The Morgan fingerprint density at radius 3 is 2.71 bits per heavy atom. The molecule has 2 rings (SSSR count). The van der Waals surface area contributed by atoms with Gasteiger partial charge in [-0.05, 0) is 13.0 Å². The molecule has 0 bridgehead atoms. The van der Waals surface area contributed by atoms with E-state index >= 15 is 0 Å². The Morgan fingerprint density at radius 1 is 1.12 bits per heavy atom. The van der Waals surface area contributed by atoms with Gasteiger partial charge in [0, 0.05) is 12.1 Å². The van der Waals surface area contributed by atoms with Gasteiger partial charge in [0.1, 0.15) is 6.33 Å². The zero-order valence-corrected chi connectivity index (χ0v) is 9.50. The first kappa shape index (κ1) is 11.5. The van der Waals surface area contributed by atoms with Crippen molar-refractivity contribution in [3.05, 3.63) is 36.7 Å². The molecule has 0 atom stereocenters. The van der Waals surface area contributed by atoms with Crippen molar-refractivity contribution in [3.8, 4) is 11.4 Å². The van der Waals surface area contributed by atoms with E-state index in [1.807, 2.05) is 30.3 Å². The summed E-state index contributed by atoms with van der Waals surface area (Å²) in [4.78, 5) is 12.6. The molecular formula is C12H15N5. The molecule has 0 aliphatic carbocycles. The van der Waals surface area contributed by atoms with E-state index in [0.717, 1.165) is 18.5 Å². The highest BCUT2D eigenvalue weighted by Gasteiger charge is 2.02. The summed E-state index contributed by atoms with van der Waals surface area (Å²) in [5.41, 5.74) is 6.40. The molecule has 1 aromatic carbocycles. The molecule has 17 heavy (non-hydrogen) atoms. The largest absolute Gasteiger partial charge is 0.354 e. The average molecular weight is 229 g/mol. The molecule has 0 saturated carbocycles. The molecular weight excluding hydrogens is 214 g/mol. The minimum Gasteiger partial charge on any atom is -0.354 e. The summed E-state index contributed by atoms with van der Waals surface area (Å²) >= 11 is 0. The van der Waals surface area contributed by atoms with E-state index in [4.69, 9.17) is 5.73 Å². The first-order valence-electron chi connectivity index (χ1n) is 5.58. The van der Waals surface area contributed by atoms with Crippen molar-refractivity contribution in [1.29, 1.82) is 0 Å². The Labute approximate surface area is 100 Å². The molecule has 1 aromatic heterocycles. The number of benzene rings is 1. The molecule has 2 aromatic rings. The summed E-state index contributed by atoms with van der Waals surface area (Å²) in [6, 6.07) is 9.82. The maximum absolute atomic E-state index is 5.42. The fourth-order valence-corrected chi connectivity index (χ4v) is 1.41. The third-order valence-corrected chi connectivity index (χ3v) is 2.27. The van der Waals surface area contributed by atoms with Gasteiger partial charge in [0.05, 0.1) is 0 Å². The highest BCUT2D eigenvalue weighted by Crippen LogP contribution is 2.13. The van der Waals surface area contributed by atoms with Gasteiger partial charge in [-0.2, -0.15) is 4.98 Å². The van der Waals surface area contributed by atoms with Gasteiger partial charge in [-0.3, -0.25) is 0 Å². The lowest BCUT2D eigenvalue weighted by molar-refractivity contribution is 0.861. The van der Waals surface area contributed by atoms with Crippen molar-refractivity contribution >= 4 is 5.95 Å². The van der Waals surface area contributed by atoms with Crippen LogP contribution in [0.2, 0.25) is 0 Å². The standard InChI is InChI=1S/C12H15N5/c13-7-4-8-14-12-16-9-15-11(17-12)10-5-2-1-3-6-10/h1-3,5-6,9H,4,7-8,13H2,(H,14,15,16,17). The summed E-state index contributed by atoms with van der Waals surface area (Å²) in [5.74, 6) is 1.27. The zero-order chi connectivity index (χ0) is 11.9. The fourth-order valence-electron chi connectivity index (χ4n) is 1.41. The lowest BCUT2D eigenvalue weighted by Crippen LogP contribution is -2.10. The second-order valence-corrected chi connectivity index (χ2v) is 3.57. The van der Waals surface area contributed by atoms with Gasteiger partial charge in [0.25, 0.3) is 0 Å². The number of nitrogens with one attached hydrogen (secondary N) is 1. The van der Waals surface area contributed by atoms with Crippen LogP contribution in [0.4, 0.5) is 5.95 Å². The lowest BCUT2D eigenvalue weighted by atomic mass is 10.2. The monoisotopic (exact) mass is 229 g/mol. The molecule has 0 unspecified atom stereocenters. The van der Waals surface area contributed by atoms with E-state index in [-0.39, 0.29) is 0 Å². The topological polar surface area (TPSA) is 76.7 Å². The highest BCUT2D eigenvalue weighted by molar-refractivity contribution is 5.55. The van der Waals surface area contributed by atoms with Crippen LogP contribution < -0.4 is 11.1 Å². The van der Waals surface area contributed by atoms with Gasteiger partial charge in [-0.25, -0.2) is 9.97 Å². The first-order valence-corrected chi connectivity index (χ1v) is 5.58. The van der Waals surface area contributed by atoms with Crippen LogP contribution in [-0.4, -0.2) is 28.0 Å². The lowest BCUT2D eigenvalue weighted by Gasteiger charge is -2.04. The van der Waals surface area contributed by atoms with E-state index in [1.54, 1.807) is 0 Å². The van der Waals surface area contributed by atoms with Gasteiger partial charge in [-0.1, -0.05) is 30.3 Å². The van der Waals surface area contributed by atoms with Crippen LogP contribution in [0.1, 0.15) is 6.42 Å². The quantitative estimate of drug-likeness (QED) is 0.756. The Bertz CT molecular complexity index is 457. The molecule has 0 spiro atoms. The van der Waals surface area contributed by atoms with Crippen molar-refractivity contribution < 1.29 is 0 Å². The maximum Gasteiger partial charge on any atom is 0.226 e. The van der Waals surface area contributed by atoms with Gasteiger partial charge in [-0.15, -0.1) is 0 Å². The number of hydrogen-bond acceptors (Lipinski definition) is 5. The zero-order valence-electron chi connectivity index (χ0n) is 9.50. The second-order valence-electron chi connectivity index (χ2n) is 3.57. The maximum atomic E-state index is 5.42.